The number of aryl methyl sites for hydroxylation is 2. The number of hydrogen-bond acceptors (Lipinski definition) is 5. The summed E-state index contributed by atoms with van der Waals surface area (Å²) in [5, 5.41) is 0.967. The van der Waals surface area contributed by atoms with Crippen molar-refractivity contribution in [2.24, 2.45) is 0 Å². The van der Waals surface area contributed by atoms with Crippen molar-refractivity contribution in [1.29, 1.82) is 0 Å². The van der Waals surface area contributed by atoms with Gasteiger partial charge >= 0.3 is 0 Å². The molecule has 1 saturated carbocycles. The lowest BCUT2D eigenvalue weighted by Crippen LogP contribution is -3.00. The van der Waals surface area contributed by atoms with Crippen molar-refractivity contribution in [1.82, 2.24) is 13.9 Å². The summed E-state index contributed by atoms with van der Waals surface area (Å²) in [6, 6.07) is 8.80. The number of fused-ring (bicyclic) bond motifs is 2. The van der Waals surface area contributed by atoms with Gasteiger partial charge in [-0.1, -0.05) is 13.8 Å². The SMILES string of the molecule is CCc1cc(=[N+](C)C)cc2sc3cc(N4C=CCN(S(=O)(=O)C5CC5)C=C4)cc(CC)c3nc1-2.[I-]. The van der Waals surface area contributed by atoms with Gasteiger partial charge in [0.2, 0.25) is 15.4 Å². The standard InChI is InChI=1S/C26H31N4O2S2.HI/c1-5-18-14-20(28(3)4)16-23-25(18)27-26-19(6-2)15-21(17-24(26)33-23)29-10-7-11-30(13-12-29)34(31,32)22-8-9-22;/h7,10,12-17,22H,5-6,8-9,11H2,1-4H3;1H/q+1;/p-1. The first-order valence-corrected chi connectivity index (χ1v) is 14.2. The van der Waals surface area contributed by atoms with Crippen LogP contribution in [0.4, 0.5) is 5.69 Å². The Morgan fingerprint density at radius 1 is 1.03 bits per heavy atom. The fourth-order valence-corrected chi connectivity index (χ4v) is 7.10. The zero-order chi connectivity index (χ0) is 24.0. The van der Waals surface area contributed by atoms with Crippen LogP contribution in [0.3, 0.4) is 0 Å². The third-order valence-corrected chi connectivity index (χ3v) is 9.82. The number of halogens is 1. The van der Waals surface area contributed by atoms with Crippen LogP contribution in [0, 0.1) is 0 Å². The Hall–Kier alpha value is -1.98. The Balaban J connectivity index is 0.00000289. The zero-order valence-corrected chi connectivity index (χ0v) is 24.3. The summed E-state index contributed by atoms with van der Waals surface area (Å²) in [6.07, 6.45) is 10.8. The average molecular weight is 623 g/mol. The van der Waals surface area contributed by atoms with Gasteiger partial charge in [0.25, 0.3) is 0 Å². The van der Waals surface area contributed by atoms with Gasteiger partial charge in [-0.2, -0.15) is 0 Å². The minimum absolute atomic E-state index is 0. The van der Waals surface area contributed by atoms with E-state index in [0.29, 0.717) is 6.54 Å². The van der Waals surface area contributed by atoms with E-state index in [1.807, 2.05) is 23.4 Å². The van der Waals surface area contributed by atoms with Crippen LogP contribution in [0.2, 0.25) is 0 Å². The molecular weight excluding hydrogens is 591 g/mol. The second kappa shape index (κ2) is 10.2. The molecule has 0 saturated heterocycles. The average Bonchev–Trinajstić information content (AvgIpc) is 3.68. The van der Waals surface area contributed by atoms with E-state index >= 15 is 0 Å². The van der Waals surface area contributed by atoms with Crippen LogP contribution >= 0.6 is 11.3 Å². The molecule has 2 heterocycles. The van der Waals surface area contributed by atoms with Crippen molar-refractivity contribution in [3.05, 3.63) is 65.4 Å². The molecule has 1 aromatic rings. The predicted octanol–water partition coefficient (Wildman–Crippen LogP) is 1.16. The quantitative estimate of drug-likeness (QED) is 0.244. The highest BCUT2D eigenvalue weighted by Gasteiger charge is 2.39. The van der Waals surface area contributed by atoms with Crippen molar-refractivity contribution in [3.63, 3.8) is 0 Å². The van der Waals surface area contributed by atoms with Crippen molar-refractivity contribution in [2.45, 2.75) is 44.8 Å². The van der Waals surface area contributed by atoms with E-state index in [-0.39, 0.29) is 29.2 Å². The van der Waals surface area contributed by atoms with Crippen LogP contribution in [0.15, 0.2) is 48.9 Å². The van der Waals surface area contributed by atoms with E-state index in [2.05, 4.69) is 56.8 Å². The summed E-state index contributed by atoms with van der Waals surface area (Å²) in [5.41, 5.74) is 5.61. The fraction of sp³-hybridized carbons (Fsp3) is 0.385. The van der Waals surface area contributed by atoms with E-state index in [4.69, 9.17) is 4.98 Å². The van der Waals surface area contributed by atoms with E-state index in [1.165, 1.54) is 25.7 Å². The molecule has 9 heteroatoms. The molecule has 0 radical (unpaired) electrons. The van der Waals surface area contributed by atoms with Crippen molar-refractivity contribution < 1.29 is 32.4 Å². The zero-order valence-electron chi connectivity index (χ0n) is 20.5. The third kappa shape index (κ3) is 4.99. The Morgan fingerprint density at radius 3 is 2.43 bits per heavy atom. The highest BCUT2D eigenvalue weighted by Crippen LogP contribution is 2.37. The van der Waals surface area contributed by atoms with E-state index in [0.717, 1.165) is 47.3 Å². The molecule has 4 aliphatic rings. The second-order valence-electron chi connectivity index (χ2n) is 9.12. The predicted molar refractivity (Wildman–Crippen MR) is 142 cm³/mol. The summed E-state index contributed by atoms with van der Waals surface area (Å²) < 4.78 is 30.1. The Kier molecular flexibility index (Phi) is 7.59. The van der Waals surface area contributed by atoms with E-state index in [9.17, 15) is 8.42 Å². The Morgan fingerprint density at radius 2 is 1.77 bits per heavy atom. The fourth-order valence-electron chi connectivity index (χ4n) is 4.32. The molecule has 0 unspecified atom stereocenters. The molecule has 6 nitrogen and oxygen atoms in total. The maximum atomic E-state index is 12.7. The maximum Gasteiger partial charge on any atom is 0.237 e. The summed E-state index contributed by atoms with van der Waals surface area (Å²) >= 11 is 1.77. The topological polar surface area (TPSA) is 56.5 Å². The van der Waals surface area contributed by atoms with Gasteiger partial charge in [-0.3, -0.25) is 4.31 Å². The van der Waals surface area contributed by atoms with Gasteiger partial charge in [0.15, 0.2) is 0 Å². The first-order chi connectivity index (χ1) is 16.3. The highest BCUT2D eigenvalue weighted by molar-refractivity contribution is 7.90. The van der Waals surface area contributed by atoms with Gasteiger partial charge in [0.1, 0.15) is 14.1 Å². The van der Waals surface area contributed by atoms with Gasteiger partial charge in [-0.05, 0) is 55.0 Å². The molecule has 0 N–H and O–H groups in total. The number of nitrogens with zero attached hydrogens (tertiary/aromatic N) is 4. The third-order valence-electron chi connectivity index (χ3n) is 6.51. The molecule has 2 aliphatic carbocycles. The van der Waals surface area contributed by atoms with Crippen LogP contribution in [0.5, 0.6) is 0 Å². The van der Waals surface area contributed by atoms with Gasteiger partial charge in [-0.25, -0.2) is 18.0 Å². The highest BCUT2D eigenvalue weighted by atomic mass is 127. The minimum atomic E-state index is -3.25. The molecule has 0 aromatic heterocycles. The maximum absolute atomic E-state index is 12.7. The van der Waals surface area contributed by atoms with Crippen molar-refractivity contribution >= 4 is 37.3 Å². The van der Waals surface area contributed by atoms with Crippen molar-refractivity contribution in [3.8, 4) is 10.6 Å². The monoisotopic (exact) mass is 622 g/mol. The normalized spacial score (nSPS) is 16.0. The molecule has 5 rings (SSSR count). The van der Waals surface area contributed by atoms with E-state index in [1.54, 1.807) is 17.5 Å². The lowest BCUT2D eigenvalue weighted by molar-refractivity contribution is -0.00000933. The van der Waals surface area contributed by atoms with Gasteiger partial charge < -0.3 is 28.9 Å². The molecule has 0 atom stereocenters. The number of aromatic nitrogens is 1. The first-order valence-electron chi connectivity index (χ1n) is 11.9. The minimum Gasteiger partial charge on any atom is -1.00 e. The van der Waals surface area contributed by atoms with Crippen LogP contribution in [-0.2, 0) is 22.9 Å². The number of benzene rings is 2. The number of hydrogen-bond donors (Lipinski definition) is 0. The first kappa shape index (κ1) is 26.1. The van der Waals surface area contributed by atoms with Gasteiger partial charge in [-0.15, -0.1) is 11.3 Å². The van der Waals surface area contributed by atoms with Crippen LogP contribution < -0.4 is 38.8 Å². The number of anilines is 1. The lowest BCUT2D eigenvalue weighted by atomic mass is 10.1. The molecular formula is C26H31IN4O2S2. The summed E-state index contributed by atoms with van der Waals surface area (Å²) in [6.45, 7) is 4.70. The molecule has 1 fully saturated rings. The molecule has 0 bridgehead atoms. The second-order valence-corrected chi connectivity index (χ2v) is 12.4. The van der Waals surface area contributed by atoms with Crippen LogP contribution in [-0.4, -0.2) is 43.6 Å². The van der Waals surface area contributed by atoms with Crippen molar-refractivity contribution in [2.75, 3.05) is 25.5 Å². The molecule has 35 heavy (non-hydrogen) atoms. The van der Waals surface area contributed by atoms with Gasteiger partial charge in [0.05, 0.1) is 32.6 Å². The van der Waals surface area contributed by atoms with Gasteiger partial charge in [0, 0.05) is 36.4 Å². The van der Waals surface area contributed by atoms with Crippen LogP contribution in [0.1, 0.15) is 37.8 Å². The summed E-state index contributed by atoms with van der Waals surface area (Å²) in [4.78, 5) is 8.33. The molecule has 2 aliphatic heterocycles. The number of sulfonamides is 1. The van der Waals surface area contributed by atoms with Crippen LogP contribution in [0.25, 0.3) is 20.8 Å². The molecule has 1 aromatic carbocycles. The molecule has 186 valence electrons. The summed E-state index contributed by atoms with van der Waals surface area (Å²) in [5.74, 6) is 0. The molecule has 0 amide bonds. The number of rotatable bonds is 5. The van der Waals surface area contributed by atoms with E-state index < -0.39 is 10.0 Å². The Labute approximate surface area is 228 Å². The molecule has 0 spiro atoms. The Bertz CT molecular complexity index is 1470. The lowest BCUT2D eigenvalue weighted by Gasteiger charge is -2.19. The largest absolute Gasteiger partial charge is 1.00 e. The smallest absolute Gasteiger partial charge is 0.237 e. The summed E-state index contributed by atoms with van der Waals surface area (Å²) in [7, 11) is 0.884.